The topological polar surface area (TPSA) is 90.0 Å². The van der Waals surface area contributed by atoms with Crippen LogP contribution >= 0.6 is 0 Å². The molecule has 2 N–H and O–H groups in total. The smallest absolute Gasteiger partial charge is 0.261 e. The van der Waals surface area contributed by atoms with Crippen molar-refractivity contribution in [3.05, 3.63) is 78.1 Å². The molecule has 0 saturated heterocycles. The minimum atomic E-state index is -1.13. The van der Waals surface area contributed by atoms with Gasteiger partial charge in [-0.3, -0.25) is 14.7 Å². The summed E-state index contributed by atoms with van der Waals surface area (Å²) in [6.07, 6.45) is 4.51. The van der Waals surface area contributed by atoms with Crippen LogP contribution in [0.4, 0.5) is 0 Å². The Hall–Kier alpha value is -3.87. The lowest BCUT2D eigenvalue weighted by atomic mass is 9.74. The van der Waals surface area contributed by atoms with Crippen LogP contribution in [0.3, 0.4) is 0 Å². The maximum absolute atomic E-state index is 13.6. The van der Waals surface area contributed by atoms with Crippen molar-refractivity contribution in [3.8, 4) is 22.6 Å². The number of nitrogens with two attached hydrogens (primary N) is 1. The number of hydrogen-bond acceptors (Lipinski definition) is 6. The highest BCUT2D eigenvalue weighted by atomic mass is 16.5. The lowest BCUT2D eigenvalue weighted by molar-refractivity contribution is -0.133. The van der Waals surface area contributed by atoms with Crippen LogP contribution in [0, 0.1) is 0 Å². The number of methoxy groups -OCH3 is 1. The largest absolute Gasteiger partial charge is 0.497 e. The van der Waals surface area contributed by atoms with Crippen molar-refractivity contribution >= 4 is 11.9 Å². The lowest BCUT2D eigenvalue weighted by Crippen LogP contribution is -2.51. The van der Waals surface area contributed by atoms with E-state index in [0.29, 0.717) is 18.6 Å². The summed E-state index contributed by atoms with van der Waals surface area (Å²) in [6.45, 7) is 2.02. The maximum Gasteiger partial charge on any atom is 0.261 e. The first-order chi connectivity index (χ1) is 15.8. The van der Waals surface area contributed by atoms with Gasteiger partial charge in [0.15, 0.2) is 11.5 Å². The number of ether oxygens (including phenoxy) is 2. The highest BCUT2D eigenvalue weighted by Gasteiger charge is 2.56. The Morgan fingerprint density at radius 1 is 1.15 bits per heavy atom. The van der Waals surface area contributed by atoms with E-state index in [0.717, 1.165) is 28.0 Å². The second kappa shape index (κ2) is 7.62. The Morgan fingerprint density at radius 2 is 1.94 bits per heavy atom. The number of guanidine groups is 1. The summed E-state index contributed by atoms with van der Waals surface area (Å²) in [5, 5.41) is 0. The number of fused-ring (bicyclic) bond motifs is 2. The molecule has 2 atom stereocenters. The van der Waals surface area contributed by atoms with E-state index in [1.807, 2.05) is 61.5 Å². The normalized spacial score (nSPS) is 23.8. The van der Waals surface area contributed by atoms with Crippen molar-refractivity contribution in [2.45, 2.75) is 30.9 Å². The van der Waals surface area contributed by atoms with Crippen LogP contribution in [0.15, 0.2) is 72.0 Å². The summed E-state index contributed by atoms with van der Waals surface area (Å²) in [4.78, 5) is 24.0. The summed E-state index contributed by atoms with van der Waals surface area (Å²) in [5.41, 5.74) is 8.06. The van der Waals surface area contributed by atoms with Gasteiger partial charge in [0.1, 0.15) is 17.1 Å². The predicted octanol–water partition coefficient (Wildman–Crippen LogP) is 3.52. The number of carbonyl (C=O) groups excluding carboxylic acids is 1. The SMILES string of the molecule is COc1ccc(C[C@]2(C)CC3(N=C(N)N(C)C3=O)c3cc(-c4cccnc4)ccc3O2)cc1. The molecule has 0 radical (unpaired) electrons. The van der Waals surface area contributed by atoms with Crippen LogP contribution in [0.1, 0.15) is 24.5 Å². The zero-order valence-corrected chi connectivity index (χ0v) is 18.9. The predicted molar refractivity (Wildman–Crippen MR) is 126 cm³/mol. The first-order valence-corrected chi connectivity index (χ1v) is 10.8. The van der Waals surface area contributed by atoms with Gasteiger partial charge in [-0.15, -0.1) is 0 Å². The highest BCUT2D eigenvalue weighted by Crippen LogP contribution is 2.50. The average Bonchev–Trinajstić information content (AvgIpc) is 3.03. The van der Waals surface area contributed by atoms with Gasteiger partial charge >= 0.3 is 0 Å². The summed E-state index contributed by atoms with van der Waals surface area (Å²) >= 11 is 0. The van der Waals surface area contributed by atoms with Gasteiger partial charge in [-0.1, -0.05) is 24.3 Å². The molecule has 3 aromatic rings. The minimum Gasteiger partial charge on any atom is -0.497 e. The van der Waals surface area contributed by atoms with E-state index < -0.39 is 11.1 Å². The molecule has 2 aromatic carbocycles. The number of benzene rings is 2. The number of aromatic nitrogens is 1. The number of hydrogen-bond donors (Lipinski definition) is 1. The van der Waals surface area contributed by atoms with Gasteiger partial charge in [0.05, 0.1) is 7.11 Å². The van der Waals surface area contributed by atoms with Gasteiger partial charge in [-0.05, 0) is 48.4 Å². The molecule has 33 heavy (non-hydrogen) atoms. The van der Waals surface area contributed by atoms with Crippen LogP contribution in [0.25, 0.3) is 11.1 Å². The van der Waals surface area contributed by atoms with Gasteiger partial charge in [0.25, 0.3) is 5.91 Å². The van der Waals surface area contributed by atoms with Crippen molar-refractivity contribution in [2.75, 3.05) is 14.2 Å². The third kappa shape index (κ3) is 3.50. The average molecular weight is 443 g/mol. The first kappa shape index (κ1) is 21.0. The summed E-state index contributed by atoms with van der Waals surface area (Å²) in [7, 11) is 3.31. The molecule has 5 rings (SSSR count). The molecule has 7 nitrogen and oxygen atoms in total. The minimum absolute atomic E-state index is 0.145. The van der Waals surface area contributed by atoms with Crippen LogP contribution in [0.2, 0.25) is 0 Å². The molecule has 0 fully saturated rings. The Balaban J connectivity index is 1.60. The van der Waals surface area contributed by atoms with Crippen LogP contribution in [-0.2, 0) is 16.8 Å². The van der Waals surface area contributed by atoms with Gasteiger partial charge in [0, 0.05) is 43.4 Å². The Kier molecular flexibility index (Phi) is 4.85. The van der Waals surface area contributed by atoms with E-state index >= 15 is 0 Å². The Morgan fingerprint density at radius 3 is 2.58 bits per heavy atom. The molecule has 0 bridgehead atoms. The molecule has 1 amide bonds. The molecular weight excluding hydrogens is 416 g/mol. The molecule has 0 aliphatic carbocycles. The third-order valence-corrected chi connectivity index (χ3v) is 6.45. The number of pyridine rings is 1. The van der Waals surface area contributed by atoms with Crippen LogP contribution in [-0.4, -0.2) is 41.5 Å². The van der Waals surface area contributed by atoms with E-state index in [2.05, 4.69) is 4.98 Å². The fourth-order valence-electron chi connectivity index (χ4n) is 4.86. The monoisotopic (exact) mass is 442 g/mol. The van der Waals surface area contributed by atoms with E-state index in [1.165, 1.54) is 4.90 Å². The van der Waals surface area contributed by atoms with E-state index in [4.69, 9.17) is 20.2 Å². The van der Waals surface area contributed by atoms with Crippen molar-refractivity contribution in [1.82, 2.24) is 9.88 Å². The lowest BCUT2D eigenvalue weighted by Gasteiger charge is -2.43. The molecule has 1 unspecified atom stereocenters. The zero-order chi connectivity index (χ0) is 23.2. The molecule has 1 aromatic heterocycles. The fourth-order valence-corrected chi connectivity index (χ4v) is 4.86. The van der Waals surface area contributed by atoms with Crippen LogP contribution in [0.5, 0.6) is 11.5 Å². The Labute approximate surface area is 192 Å². The van der Waals surface area contributed by atoms with Gasteiger partial charge in [-0.2, -0.15) is 0 Å². The van der Waals surface area contributed by atoms with Crippen LogP contribution < -0.4 is 15.2 Å². The second-order valence-electron chi connectivity index (χ2n) is 8.90. The molecule has 2 aliphatic rings. The molecule has 1 spiro atoms. The number of amides is 1. The summed E-state index contributed by atoms with van der Waals surface area (Å²) < 4.78 is 11.8. The van der Waals surface area contributed by atoms with Crippen molar-refractivity contribution in [1.29, 1.82) is 0 Å². The fraction of sp³-hybridized carbons (Fsp3) is 0.269. The zero-order valence-electron chi connectivity index (χ0n) is 18.9. The number of carbonyl (C=O) groups is 1. The maximum atomic E-state index is 13.6. The quantitative estimate of drug-likeness (QED) is 0.668. The second-order valence-corrected chi connectivity index (χ2v) is 8.90. The third-order valence-electron chi connectivity index (χ3n) is 6.45. The first-order valence-electron chi connectivity index (χ1n) is 10.8. The van der Waals surface area contributed by atoms with E-state index in [1.54, 1.807) is 26.6 Å². The van der Waals surface area contributed by atoms with Gasteiger partial charge in [-0.25, -0.2) is 4.99 Å². The highest BCUT2D eigenvalue weighted by molar-refractivity contribution is 6.07. The van der Waals surface area contributed by atoms with Crippen molar-refractivity contribution in [2.24, 2.45) is 10.7 Å². The molecule has 3 heterocycles. The summed E-state index contributed by atoms with van der Waals surface area (Å²) in [6, 6.07) is 17.6. The van der Waals surface area contributed by atoms with Gasteiger partial charge in [0.2, 0.25) is 0 Å². The number of likely N-dealkylation sites (N-methyl/N-ethyl adjacent to an activating group) is 1. The standard InChI is InChI=1S/C26H26N4O3/c1-25(14-17-6-9-20(32-3)10-7-17)16-26(23(31)30(2)24(27)29-26)21-13-18(8-11-22(21)33-25)19-5-4-12-28-15-19/h4-13,15H,14,16H2,1-3H3,(H2,27,29)/t25-,26?/m1/s1. The van der Waals surface area contributed by atoms with Gasteiger partial charge < -0.3 is 15.2 Å². The van der Waals surface area contributed by atoms with E-state index in [9.17, 15) is 4.79 Å². The number of nitrogens with zero attached hydrogens (tertiary/aromatic N) is 3. The molecule has 2 aliphatic heterocycles. The molecular formula is C26H26N4O3. The Bertz CT molecular complexity index is 1240. The van der Waals surface area contributed by atoms with E-state index in [-0.39, 0.29) is 11.9 Å². The molecule has 0 saturated carbocycles. The summed E-state index contributed by atoms with van der Waals surface area (Å²) in [5.74, 6) is 1.51. The number of aliphatic imine (C=N–C) groups is 1. The number of rotatable bonds is 4. The molecule has 168 valence electrons. The van der Waals surface area contributed by atoms with Crippen molar-refractivity contribution < 1.29 is 14.3 Å². The molecule has 7 heteroatoms. The van der Waals surface area contributed by atoms with Crippen molar-refractivity contribution in [3.63, 3.8) is 0 Å².